The van der Waals surface area contributed by atoms with Crippen LogP contribution in [0.25, 0.3) is 11.1 Å². The van der Waals surface area contributed by atoms with E-state index in [0.717, 1.165) is 5.69 Å². The summed E-state index contributed by atoms with van der Waals surface area (Å²) in [6.45, 7) is 2.30. The van der Waals surface area contributed by atoms with Crippen LogP contribution in [0.5, 0.6) is 0 Å². The third-order valence-corrected chi connectivity index (χ3v) is 4.56. The molecule has 2 N–H and O–H groups in total. The lowest BCUT2D eigenvalue weighted by atomic mass is 10.2. The zero-order valence-electron chi connectivity index (χ0n) is 14.5. The van der Waals surface area contributed by atoms with Crippen molar-refractivity contribution in [3.63, 3.8) is 0 Å². The van der Waals surface area contributed by atoms with E-state index in [1.165, 1.54) is 6.07 Å². The molecule has 0 radical (unpaired) electrons. The number of carbonyl (C=O) groups excluding carboxylic acids is 2. The molecule has 1 aliphatic heterocycles. The predicted molar refractivity (Wildman–Crippen MR) is 101 cm³/mol. The van der Waals surface area contributed by atoms with Crippen LogP contribution in [-0.4, -0.2) is 47.9 Å². The molecule has 0 bridgehead atoms. The van der Waals surface area contributed by atoms with E-state index in [2.05, 4.69) is 15.2 Å². The number of hydrogen-bond donors (Lipinski definition) is 2. The van der Waals surface area contributed by atoms with Crippen LogP contribution in [-0.2, 0) is 9.59 Å². The number of H-pyrrole nitrogens is 1. The minimum atomic E-state index is -0.708. The van der Waals surface area contributed by atoms with Crippen molar-refractivity contribution in [1.29, 1.82) is 0 Å². The van der Waals surface area contributed by atoms with Crippen LogP contribution >= 0.6 is 0 Å². The first-order valence-electron chi connectivity index (χ1n) is 8.63. The molecule has 8 nitrogen and oxygen atoms in total. The standard InChI is InChI=1S/C19H18N4O4/c24-17(20-13-6-7-15-16(12-13)27-19(26)21-15)18(25)23-10-8-22(9-11-23)14-4-2-1-3-5-14/h1-7,12H,8-11H2,(H,20,24)(H,21,26). The Balaban J connectivity index is 1.37. The van der Waals surface area contributed by atoms with Gasteiger partial charge in [0.1, 0.15) is 0 Å². The molecule has 0 aliphatic carbocycles. The summed E-state index contributed by atoms with van der Waals surface area (Å²) >= 11 is 0. The summed E-state index contributed by atoms with van der Waals surface area (Å²) in [5.41, 5.74) is 2.35. The molecule has 1 aliphatic rings. The smallest absolute Gasteiger partial charge is 0.408 e. The van der Waals surface area contributed by atoms with Gasteiger partial charge < -0.3 is 19.5 Å². The summed E-state index contributed by atoms with van der Waals surface area (Å²) in [5.74, 6) is -1.85. The molecule has 2 heterocycles. The van der Waals surface area contributed by atoms with E-state index in [1.807, 2.05) is 30.3 Å². The molecule has 0 saturated carbocycles. The maximum absolute atomic E-state index is 12.4. The van der Waals surface area contributed by atoms with Crippen molar-refractivity contribution >= 4 is 34.3 Å². The number of anilines is 2. The fourth-order valence-corrected chi connectivity index (χ4v) is 3.16. The number of fused-ring (bicyclic) bond motifs is 1. The van der Waals surface area contributed by atoms with E-state index >= 15 is 0 Å². The van der Waals surface area contributed by atoms with Gasteiger partial charge in [0.25, 0.3) is 0 Å². The van der Waals surface area contributed by atoms with Gasteiger partial charge in [-0.05, 0) is 24.3 Å². The summed E-state index contributed by atoms with van der Waals surface area (Å²) in [6, 6.07) is 14.7. The van der Waals surface area contributed by atoms with Gasteiger partial charge in [-0.3, -0.25) is 14.6 Å². The van der Waals surface area contributed by atoms with Crippen molar-refractivity contribution in [2.24, 2.45) is 0 Å². The second kappa shape index (κ2) is 6.99. The molecule has 2 aromatic carbocycles. The summed E-state index contributed by atoms with van der Waals surface area (Å²) in [5, 5.41) is 2.56. The molecule has 0 atom stereocenters. The number of para-hydroxylation sites is 1. The van der Waals surface area contributed by atoms with Crippen molar-refractivity contribution in [1.82, 2.24) is 9.88 Å². The molecule has 8 heteroatoms. The van der Waals surface area contributed by atoms with Crippen LogP contribution in [0.1, 0.15) is 0 Å². The Morgan fingerprint density at radius 2 is 1.74 bits per heavy atom. The molecule has 27 heavy (non-hydrogen) atoms. The van der Waals surface area contributed by atoms with Gasteiger partial charge in [-0.2, -0.15) is 0 Å². The lowest BCUT2D eigenvalue weighted by Crippen LogP contribution is -2.51. The highest BCUT2D eigenvalue weighted by Gasteiger charge is 2.26. The Morgan fingerprint density at radius 3 is 2.48 bits per heavy atom. The van der Waals surface area contributed by atoms with Gasteiger partial charge >= 0.3 is 17.6 Å². The van der Waals surface area contributed by atoms with E-state index < -0.39 is 17.6 Å². The monoisotopic (exact) mass is 366 g/mol. The lowest BCUT2D eigenvalue weighted by molar-refractivity contribution is -0.143. The molecule has 1 saturated heterocycles. The fraction of sp³-hybridized carbons (Fsp3) is 0.211. The van der Waals surface area contributed by atoms with Gasteiger partial charge in [0.2, 0.25) is 0 Å². The fourth-order valence-electron chi connectivity index (χ4n) is 3.16. The zero-order chi connectivity index (χ0) is 18.8. The third kappa shape index (κ3) is 3.55. The van der Waals surface area contributed by atoms with Crippen LogP contribution < -0.4 is 16.0 Å². The first-order chi connectivity index (χ1) is 13.1. The summed E-state index contributed by atoms with van der Waals surface area (Å²) in [4.78, 5) is 42.2. The van der Waals surface area contributed by atoms with Gasteiger partial charge in [0, 0.05) is 43.6 Å². The number of carbonyl (C=O) groups is 2. The molecule has 1 aromatic heterocycles. The number of rotatable bonds is 2. The van der Waals surface area contributed by atoms with Crippen LogP contribution in [0.3, 0.4) is 0 Å². The molecule has 0 unspecified atom stereocenters. The average Bonchev–Trinajstić information content (AvgIpc) is 3.07. The topological polar surface area (TPSA) is 98.6 Å². The largest absolute Gasteiger partial charge is 0.417 e. The Labute approximate surface area is 154 Å². The molecule has 0 spiro atoms. The molecule has 4 rings (SSSR count). The zero-order valence-corrected chi connectivity index (χ0v) is 14.5. The number of aromatic nitrogens is 1. The van der Waals surface area contributed by atoms with Crippen molar-refractivity contribution in [2.75, 3.05) is 36.4 Å². The van der Waals surface area contributed by atoms with E-state index in [0.29, 0.717) is 43.0 Å². The number of aromatic amines is 1. The number of amides is 2. The van der Waals surface area contributed by atoms with Crippen LogP contribution in [0.2, 0.25) is 0 Å². The van der Waals surface area contributed by atoms with Gasteiger partial charge in [-0.1, -0.05) is 18.2 Å². The highest BCUT2D eigenvalue weighted by Crippen LogP contribution is 2.18. The van der Waals surface area contributed by atoms with E-state index in [-0.39, 0.29) is 0 Å². The first-order valence-corrected chi connectivity index (χ1v) is 8.63. The Bertz CT molecular complexity index is 1030. The Hall–Kier alpha value is -3.55. The maximum Gasteiger partial charge on any atom is 0.417 e. The summed E-state index contributed by atoms with van der Waals surface area (Å²) < 4.78 is 4.96. The van der Waals surface area contributed by atoms with Crippen molar-refractivity contribution in [3.05, 3.63) is 59.1 Å². The normalized spacial score (nSPS) is 14.4. The van der Waals surface area contributed by atoms with E-state index in [1.54, 1.807) is 17.0 Å². The number of hydrogen-bond acceptors (Lipinski definition) is 5. The predicted octanol–water partition coefficient (Wildman–Crippen LogP) is 1.41. The summed E-state index contributed by atoms with van der Waals surface area (Å²) in [7, 11) is 0. The van der Waals surface area contributed by atoms with Gasteiger partial charge in [0.15, 0.2) is 5.58 Å². The SMILES string of the molecule is O=C(Nc1ccc2[nH]c(=O)oc2c1)C(=O)N1CCN(c2ccccc2)CC1. The summed E-state index contributed by atoms with van der Waals surface area (Å²) in [6.07, 6.45) is 0. The van der Waals surface area contributed by atoms with E-state index in [9.17, 15) is 14.4 Å². The molecule has 1 fully saturated rings. The van der Waals surface area contributed by atoms with Crippen LogP contribution in [0, 0.1) is 0 Å². The number of nitrogens with one attached hydrogen (secondary N) is 2. The minimum absolute atomic E-state index is 0.321. The number of nitrogens with zero attached hydrogens (tertiary/aromatic N) is 2. The number of benzene rings is 2. The first kappa shape index (κ1) is 16.9. The van der Waals surface area contributed by atoms with Crippen LogP contribution in [0.4, 0.5) is 11.4 Å². The van der Waals surface area contributed by atoms with Crippen molar-refractivity contribution in [3.8, 4) is 0 Å². The second-order valence-corrected chi connectivity index (χ2v) is 6.29. The molecular weight excluding hydrogens is 348 g/mol. The highest BCUT2D eigenvalue weighted by atomic mass is 16.4. The molecular formula is C19H18N4O4. The third-order valence-electron chi connectivity index (χ3n) is 4.56. The number of piperazine rings is 1. The van der Waals surface area contributed by atoms with Gasteiger partial charge in [-0.25, -0.2) is 4.79 Å². The van der Waals surface area contributed by atoms with Crippen molar-refractivity contribution < 1.29 is 14.0 Å². The maximum atomic E-state index is 12.4. The average molecular weight is 366 g/mol. The molecule has 2 amide bonds. The number of oxazole rings is 1. The Kier molecular flexibility index (Phi) is 4.37. The molecule has 3 aromatic rings. The van der Waals surface area contributed by atoms with Crippen molar-refractivity contribution in [2.45, 2.75) is 0 Å². The van der Waals surface area contributed by atoms with E-state index in [4.69, 9.17) is 4.42 Å². The van der Waals surface area contributed by atoms with Crippen LogP contribution in [0.15, 0.2) is 57.7 Å². The Morgan fingerprint density at radius 1 is 1.00 bits per heavy atom. The van der Waals surface area contributed by atoms with Gasteiger partial charge in [0.05, 0.1) is 5.52 Å². The lowest BCUT2D eigenvalue weighted by Gasteiger charge is -2.35. The second-order valence-electron chi connectivity index (χ2n) is 6.29. The minimum Gasteiger partial charge on any atom is -0.408 e. The highest BCUT2D eigenvalue weighted by molar-refractivity contribution is 6.39. The van der Waals surface area contributed by atoms with Gasteiger partial charge in [-0.15, -0.1) is 0 Å². The quantitative estimate of drug-likeness (QED) is 0.668. The molecule has 138 valence electrons.